The van der Waals surface area contributed by atoms with Crippen molar-refractivity contribution in [2.75, 3.05) is 39.5 Å². The van der Waals surface area contributed by atoms with Gasteiger partial charge in [0, 0.05) is 12.1 Å². The molecule has 0 aromatic heterocycles. The molecule has 122 valence electrons. The minimum Gasteiger partial charge on any atom is -0.482 e. The Balaban J connectivity index is 2.45. The predicted octanol–water partition coefficient (Wildman–Crippen LogP) is 0.205. The molecule has 0 aliphatic carbocycles. The maximum atomic E-state index is 12.0. The molecule has 7 nitrogen and oxygen atoms in total. The lowest BCUT2D eigenvalue weighted by molar-refractivity contribution is -0.119. The number of hydrogen-bond acceptors (Lipinski definition) is 5. The molecule has 0 fully saturated rings. The molecule has 0 heterocycles. The van der Waals surface area contributed by atoms with Crippen LogP contribution in [0.3, 0.4) is 0 Å². The van der Waals surface area contributed by atoms with Crippen molar-refractivity contribution in [1.29, 1.82) is 0 Å². The molecular weight excluding hydrogens is 284 g/mol. The third kappa shape index (κ3) is 6.45. The average Bonchev–Trinajstić information content (AvgIpc) is 2.44. The van der Waals surface area contributed by atoms with Gasteiger partial charge in [-0.2, -0.15) is 0 Å². The Bertz CT molecular complexity index is 518. The summed E-state index contributed by atoms with van der Waals surface area (Å²) in [5.74, 6) is -0.432. The second-order valence-corrected chi connectivity index (χ2v) is 5.27. The van der Waals surface area contributed by atoms with Crippen molar-refractivity contribution in [2.24, 2.45) is 5.73 Å². The van der Waals surface area contributed by atoms with Gasteiger partial charge in [0.05, 0.1) is 5.69 Å². The van der Waals surface area contributed by atoms with Crippen LogP contribution in [0.4, 0.5) is 5.69 Å². The Kier molecular flexibility index (Phi) is 7.18. The second kappa shape index (κ2) is 8.89. The molecule has 0 aliphatic heterocycles. The number of nitrogens with one attached hydrogen (secondary N) is 1. The molecule has 22 heavy (non-hydrogen) atoms. The van der Waals surface area contributed by atoms with Gasteiger partial charge in [0.1, 0.15) is 5.75 Å². The highest BCUT2D eigenvalue weighted by atomic mass is 16.5. The summed E-state index contributed by atoms with van der Waals surface area (Å²) in [5, 5.41) is 2.84. The first-order valence-electron chi connectivity index (χ1n) is 7.13. The van der Waals surface area contributed by atoms with Crippen molar-refractivity contribution in [3.63, 3.8) is 0 Å². The fourth-order valence-corrected chi connectivity index (χ4v) is 1.83. The summed E-state index contributed by atoms with van der Waals surface area (Å²) >= 11 is 0. The van der Waals surface area contributed by atoms with E-state index in [-0.39, 0.29) is 12.5 Å². The highest BCUT2D eigenvalue weighted by Gasteiger charge is 2.09. The number of amides is 2. The maximum Gasteiger partial charge on any atom is 0.255 e. The van der Waals surface area contributed by atoms with Crippen molar-refractivity contribution in [3.8, 4) is 5.75 Å². The Labute approximate surface area is 130 Å². The summed E-state index contributed by atoms with van der Waals surface area (Å²) in [5.41, 5.74) is 11.5. The summed E-state index contributed by atoms with van der Waals surface area (Å²) in [6.07, 6.45) is 1.94. The molecule has 0 atom stereocenters. The van der Waals surface area contributed by atoms with E-state index in [4.69, 9.17) is 16.2 Å². The molecule has 1 rings (SSSR count). The van der Waals surface area contributed by atoms with Crippen molar-refractivity contribution in [1.82, 2.24) is 10.2 Å². The smallest absolute Gasteiger partial charge is 0.255 e. The first-order chi connectivity index (χ1) is 10.4. The van der Waals surface area contributed by atoms with Crippen LogP contribution in [0.2, 0.25) is 0 Å². The third-order valence-corrected chi connectivity index (χ3v) is 2.96. The zero-order valence-corrected chi connectivity index (χ0v) is 13.1. The number of unbranched alkanes of at least 4 members (excludes halogenated alkanes) is 1. The Hall–Kier alpha value is -2.28. The summed E-state index contributed by atoms with van der Waals surface area (Å²) in [6, 6.07) is 4.67. The van der Waals surface area contributed by atoms with E-state index in [9.17, 15) is 9.59 Å². The minimum atomic E-state index is -0.584. The number of carbonyl (C=O) groups excluding carboxylic acids is 2. The van der Waals surface area contributed by atoms with Crippen molar-refractivity contribution >= 4 is 17.5 Å². The molecule has 0 unspecified atom stereocenters. The van der Waals surface area contributed by atoms with E-state index in [0.717, 1.165) is 19.4 Å². The number of primary amides is 1. The molecule has 5 N–H and O–H groups in total. The topological polar surface area (TPSA) is 111 Å². The molecule has 1 aromatic carbocycles. The van der Waals surface area contributed by atoms with Gasteiger partial charge in [-0.25, -0.2) is 0 Å². The highest BCUT2D eigenvalue weighted by Crippen LogP contribution is 2.22. The second-order valence-electron chi connectivity index (χ2n) is 5.27. The van der Waals surface area contributed by atoms with Gasteiger partial charge in [0.2, 0.25) is 0 Å². The van der Waals surface area contributed by atoms with Crippen LogP contribution < -0.4 is 21.5 Å². The molecule has 0 bridgehead atoms. The van der Waals surface area contributed by atoms with E-state index >= 15 is 0 Å². The Morgan fingerprint density at radius 3 is 2.59 bits per heavy atom. The van der Waals surface area contributed by atoms with Gasteiger partial charge in [-0.1, -0.05) is 0 Å². The van der Waals surface area contributed by atoms with Crippen molar-refractivity contribution < 1.29 is 14.3 Å². The number of anilines is 1. The SMILES string of the molecule is CN(C)CCCCNC(=O)c1ccc(OCC(N)=O)c(N)c1. The molecule has 0 saturated heterocycles. The fraction of sp³-hybridized carbons (Fsp3) is 0.467. The summed E-state index contributed by atoms with van der Waals surface area (Å²) < 4.78 is 5.13. The molecule has 1 aromatic rings. The summed E-state index contributed by atoms with van der Waals surface area (Å²) in [7, 11) is 4.03. The lowest BCUT2D eigenvalue weighted by atomic mass is 10.1. The largest absolute Gasteiger partial charge is 0.482 e. The van der Waals surface area contributed by atoms with Crippen LogP contribution in [0.25, 0.3) is 0 Å². The van der Waals surface area contributed by atoms with Crippen LogP contribution in [-0.4, -0.2) is 50.5 Å². The van der Waals surface area contributed by atoms with E-state index in [0.29, 0.717) is 23.5 Å². The van der Waals surface area contributed by atoms with Gasteiger partial charge in [0.25, 0.3) is 11.8 Å². The molecular formula is C15H24N4O3. The normalized spacial score (nSPS) is 10.5. The third-order valence-electron chi connectivity index (χ3n) is 2.96. The van der Waals surface area contributed by atoms with Crippen LogP contribution in [0.5, 0.6) is 5.75 Å². The number of hydrogen-bond donors (Lipinski definition) is 3. The monoisotopic (exact) mass is 308 g/mol. The van der Waals surface area contributed by atoms with E-state index in [2.05, 4.69) is 10.2 Å². The van der Waals surface area contributed by atoms with Gasteiger partial charge < -0.3 is 26.4 Å². The number of benzene rings is 1. The minimum absolute atomic E-state index is 0.182. The molecule has 0 spiro atoms. The zero-order chi connectivity index (χ0) is 16.5. The maximum absolute atomic E-state index is 12.0. The standard InChI is InChI=1S/C15H24N4O3/c1-19(2)8-4-3-7-18-15(21)11-5-6-13(12(16)9-11)22-10-14(17)20/h5-6,9H,3-4,7-8,10,16H2,1-2H3,(H2,17,20)(H,18,21). The van der Waals surface area contributed by atoms with Crippen LogP contribution in [0.1, 0.15) is 23.2 Å². The van der Waals surface area contributed by atoms with Gasteiger partial charge in [-0.05, 0) is 51.7 Å². The molecule has 0 aliphatic rings. The summed E-state index contributed by atoms with van der Waals surface area (Å²) in [4.78, 5) is 24.7. The number of carbonyl (C=O) groups is 2. The number of nitrogens with two attached hydrogens (primary N) is 2. The lowest BCUT2D eigenvalue weighted by Crippen LogP contribution is -2.25. The fourth-order valence-electron chi connectivity index (χ4n) is 1.83. The van der Waals surface area contributed by atoms with Gasteiger partial charge >= 0.3 is 0 Å². The zero-order valence-electron chi connectivity index (χ0n) is 13.1. The van der Waals surface area contributed by atoms with E-state index in [1.54, 1.807) is 12.1 Å². The predicted molar refractivity (Wildman–Crippen MR) is 85.7 cm³/mol. The molecule has 0 radical (unpaired) electrons. The molecule has 7 heteroatoms. The van der Waals surface area contributed by atoms with E-state index in [1.165, 1.54) is 6.07 Å². The van der Waals surface area contributed by atoms with Crippen molar-refractivity contribution in [3.05, 3.63) is 23.8 Å². The average molecular weight is 308 g/mol. The van der Waals surface area contributed by atoms with Crippen LogP contribution >= 0.6 is 0 Å². The van der Waals surface area contributed by atoms with Gasteiger partial charge in [-0.15, -0.1) is 0 Å². The van der Waals surface area contributed by atoms with Crippen LogP contribution in [0, 0.1) is 0 Å². The molecule has 0 saturated carbocycles. The van der Waals surface area contributed by atoms with Crippen LogP contribution in [0.15, 0.2) is 18.2 Å². The lowest BCUT2D eigenvalue weighted by Gasteiger charge is -2.11. The number of ether oxygens (including phenoxy) is 1. The van der Waals surface area contributed by atoms with Crippen molar-refractivity contribution in [2.45, 2.75) is 12.8 Å². The number of rotatable bonds is 9. The Morgan fingerprint density at radius 1 is 1.27 bits per heavy atom. The van der Waals surface area contributed by atoms with Gasteiger partial charge in [-0.3, -0.25) is 9.59 Å². The number of nitrogens with zero attached hydrogens (tertiary/aromatic N) is 1. The summed E-state index contributed by atoms with van der Waals surface area (Å²) in [6.45, 7) is 1.36. The van der Waals surface area contributed by atoms with Crippen LogP contribution in [-0.2, 0) is 4.79 Å². The quantitative estimate of drug-likeness (QED) is 0.446. The van der Waals surface area contributed by atoms with Gasteiger partial charge in [0.15, 0.2) is 6.61 Å². The van der Waals surface area contributed by atoms with E-state index < -0.39 is 5.91 Å². The molecule has 2 amide bonds. The first kappa shape index (κ1) is 17.8. The number of nitrogen functional groups attached to an aromatic ring is 1. The van der Waals surface area contributed by atoms with E-state index in [1.807, 2.05) is 14.1 Å². The Morgan fingerprint density at radius 2 is 2.00 bits per heavy atom. The highest BCUT2D eigenvalue weighted by molar-refractivity contribution is 5.95. The first-order valence-corrected chi connectivity index (χ1v) is 7.13.